The third-order valence-corrected chi connectivity index (χ3v) is 4.24. The highest BCUT2D eigenvalue weighted by Crippen LogP contribution is 2.35. The molecule has 2 amide bonds. The predicted molar refractivity (Wildman–Crippen MR) is 95.6 cm³/mol. The molecule has 7 nitrogen and oxygen atoms in total. The summed E-state index contributed by atoms with van der Waals surface area (Å²) in [6, 6.07) is 4.84. The Kier molecular flexibility index (Phi) is 6.68. The zero-order valence-corrected chi connectivity index (χ0v) is 15.6. The monoisotopic (exact) mass is 378 g/mol. The van der Waals surface area contributed by atoms with E-state index >= 15 is 0 Å². The molecule has 1 aliphatic rings. The van der Waals surface area contributed by atoms with Gasteiger partial charge in [-0.15, -0.1) is 0 Å². The number of carbonyl (C=O) groups is 3. The molecule has 0 saturated carbocycles. The van der Waals surface area contributed by atoms with E-state index in [1.54, 1.807) is 31.2 Å². The summed E-state index contributed by atoms with van der Waals surface area (Å²) in [7, 11) is 0. The fourth-order valence-corrected chi connectivity index (χ4v) is 3.16. The summed E-state index contributed by atoms with van der Waals surface area (Å²) >= 11 is 0.897. The van der Waals surface area contributed by atoms with Gasteiger partial charge >= 0.3 is 0 Å². The van der Waals surface area contributed by atoms with Gasteiger partial charge in [0.25, 0.3) is 11.1 Å². The number of benzene rings is 1. The highest BCUT2D eigenvalue weighted by Gasteiger charge is 2.35. The van der Waals surface area contributed by atoms with Crippen LogP contribution in [0.4, 0.5) is 4.79 Å². The molecule has 26 heavy (non-hydrogen) atoms. The van der Waals surface area contributed by atoms with Crippen LogP contribution in [0.5, 0.6) is 11.5 Å². The molecule has 0 radical (unpaired) electrons. The van der Waals surface area contributed by atoms with Crippen LogP contribution in [-0.2, 0) is 9.59 Å². The molecular formula is C18H20NO6S-. The second-order valence-corrected chi connectivity index (χ2v) is 6.98. The molecule has 2 rings (SSSR count). The molecule has 0 N–H and O–H groups in total. The molecule has 0 atom stereocenters. The van der Waals surface area contributed by atoms with Crippen LogP contribution in [0.3, 0.4) is 0 Å². The van der Waals surface area contributed by atoms with Gasteiger partial charge in [0.15, 0.2) is 11.5 Å². The lowest BCUT2D eigenvalue weighted by molar-refractivity contribution is -0.307. The Morgan fingerprint density at radius 1 is 1.27 bits per heavy atom. The van der Waals surface area contributed by atoms with Gasteiger partial charge < -0.3 is 19.4 Å². The Labute approximate surface area is 156 Å². The molecule has 8 heteroatoms. The standard InChI is InChI=1S/C18H21NO6S/c1-4-24-14-7-12(5-6-13(14)25-10-16(20)21)8-15-17(22)19(9-11(2)3)18(23)26-15/h5-8,11H,4,9-10H2,1-3H3,(H,20,21)/p-1/b15-8-. The molecule has 1 aromatic carbocycles. The minimum atomic E-state index is -1.34. The number of imide groups is 1. The number of ether oxygens (including phenoxy) is 2. The molecule has 1 heterocycles. The third kappa shape index (κ3) is 5.01. The molecule has 1 aliphatic heterocycles. The number of amides is 2. The molecule has 1 saturated heterocycles. The maximum absolute atomic E-state index is 12.4. The van der Waals surface area contributed by atoms with Gasteiger partial charge in [-0.2, -0.15) is 0 Å². The van der Waals surface area contributed by atoms with Gasteiger partial charge in [-0.3, -0.25) is 14.5 Å². The number of carbonyl (C=O) groups excluding carboxylic acids is 3. The van der Waals surface area contributed by atoms with Gasteiger partial charge in [0.2, 0.25) is 0 Å². The predicted octanol–water partition coefficient (Wildman–Crippen LogP) is 1.91. The number of nitrogens with zero attached hydrogens (tertiary/aromatic N) is 1. The van der Waals surface area contributed by atoms with E-state index in [-0.39, 0.29) is 22.8 Å². The van der Waals surface area contributed by atoms with Crippen molar-refractivity contribution in [2.24, 2.45) is 5.92 Å². The Hall–Kier alpha value is -2.48. The number of hydrogen-bond donors (Lipinski definition) is 0. The van der Waals surface area contributed by atoms with E-state index < -0.39 is 12.6 Å². The second-order valence-electron chi connectivity index (χ2n) is 5.99. The van der Waals surface area contributed by atoms with E-state index in [9.17, 15) is 19.5 Å². The third-order valence-electron chi connectivity index (χ3n) is 3.33. The fourth-order valence-electron chi connectivity index (χ4n) is 2.31. The summed E-state index contributed by atoms with van der Waals surface area (Å²) in [5.41, 5.74) is 0.643. The lowest BCUT2D eigenvalue weighted by atomic mass is 10.1. The maximum Gasteiger partial charge on any atom is 0.293 e. The van der Waals surface area contributed by atoms with E-state index in [0.717, 1.165) is 11.8 Å². The van der Waals surface area contributed by atoms with Crippen molar-refractivity contribution in [3.63, 3.8) is 0 Å². The number of carboxylic acid groups (broad SMARTS) is 1. The molecule has 0 bridgehead atoms. The highest BCUT2D eigenvalue weighted by molar-refractivity contribution is 8.18. The maximum atomic E-state index is 12.4. The van der Waals surface area contributed by atoms with Crippen LogP contribution >= 0.6 is 11.8 Å². The molecule has 0 aliphatic carbocycles. The Bertz CT molecular complexity index is 743. The molecule has 0 aromatic heterocycles. The summed E-state index contributed by atoms with van der Waals surface area (Å²) in [6.07, 6.45) is 1.61. The van der Waals surface area contributed by atoms with Crippen LogP contribution in [0.25, 0.3) is 6.08 Å². The van der Waals surface area contributed by atoms with Gasteiger partial charge in [-0.1, -0.05) is 19.9 Å². The summed E-state index contributed by atoms with van der Waals surface area (Å²) in [5.74, 6) is -0.850. The van der Waals surface area contributed by atoms with Gasteiger partial charge in [-0.25, -0.2) is 0 Å². The highest BCUT2D eigenvalue weighted by atomic mass is 32.2. The first kappa shape index (κ1) is 19.8. The topological polar surface area (TPSA) is 96.0 Å². The van der Waals surface area contributed by atoms with Gasteiger partial charge in [0, 0.05) is 6.54 Å². The minimum Gasteiger partial charge on any atom is -0.546 e. The average Bonchev–Trinajstić information content (AvgIpc) is 2.81. The van der Waals surface area contributed by atoms with Crippen molar-refractivity contribution in [2.75, 3.05) is 19.8 Å². The fraction of sp³-hybridized carbons (Fsp3) is 0.389. The summed E-state index contributed by atoms with van der Waals surface area (Å²) in [5, 5.41) is 10.3. The number of aliphatic carboxylic acids is 1. The SMILES string of the molecule is CCOc1cc(/C=C2\SC(=O)N(CC(C)C)C2=O)ccc1OCC(=O)[O-]. The quantitative estimate of drug-likeness (QED) is 0.638. The van der Waals surface area contributed by atoms with E-state index in [1.807, 2.05) is 13.8 Å². The summed E-state index contributed by atoms with van der Waals surface area (Å²) in [4.78, 5) is 36.5. The first-order valence-electron chi connectivity index (χ1n) is 8.16. The zero-order valence-electron chi connectivity index (χ0n) is 14.8. The zero-order chi connectivity index (χ0) is 19.3. The summed E-state index contributed by atoms with van der Waals surface area (Å²) in [6.45, 7) is 5.80. The van der Waals surface area contributed by atoms with E-state index in [2.05, 4.69) is 0 Å². The second kappa shape index (κ2) is 8.75. The first-order chi connectivity index (χ1) is 12.3. The molecule has 0 spiro atoms. The smallest absolute Gasteiger partial charge is 0.293 e. The van der Waals surface area contributed by atoms with E-state index in [1.165, 1.54) is 4.90 Å². The molecule has 140 valence electrons. The number of thioether (sulfide) groups is 1. The molecular weight excluding hydrogens is 358 g/mol. The van der Waals surface area contributed by atoms with Gasteiger partial charge in [0.05, 0.1) is 17.5 Å². The van der Waals surface area contributed by atoms with Crippen molar-refractivity contribution in [2.45, 2.75) is 20.8 Å². The van der Waals surface area contributed by atoms with E-state index in [0.29, 0.717) is 29.4 Å². The number of carboxylic acids is 1. The molecule has 0 unspecified atom stereocenters. The lowest BCUT2D eigenvalue weighted by Crippen LogP contribution is -2.31. The van der Waals surface area contributed by atoms with Crippen molar-refractivity contribution in [1.82, 2.24) is 4.90 Å². The van der Waals surface area contributed by atoms with Crippen LogP contribution in [0.15, 0.2) is 23.1 Å². The van der Waals surface area contributed by atoms with Crippen molar-refractivity contribution >= 4 is 35.0 Å². The van der Waals surface area contributed by atoms with Crippen molar-refractivity contribution in [3.05, 3.63) is 28.7 Å². The lowest BCUT2D eigenvalue weighted by Gasteiger charge is -2.14. The largest absolute Gasteiger partial charge is 0.546 e. The Morgan fingerprint density at radius 3 is 2.62 bits per heavy atom. The van der Waals surface area contributed by atoms with Crippen LogP contribution in [-0.4, -0.2) is 41.8 Å². The van der Waals surface area contributed by atoms with Crippen LogP contribution in [0.1, 0.15) is 26.3 Å². The van der Waals surface area contributed by atoms with Crippen molar-refractivity contribution in [1.29, 1.82) is 0 Å². The normalized spacial score (nSPS) is 15.8. The van der Waals surface area contributed by atoms with Crippen molar-refractivity contribution < 1.29 is 29.0 Å². The van der Waals surface area contributed by atoms with Crippen LogP contribution in [0, 0.1) is 5.92 Å². The average molecular weight is 378 g/mol. The van der Waals surface area contributed by atoms with Crippen LogP contribution < -0.4 is 14.6 Å². The molecule has 1 fully saturated rings. The Morgan fingerprint density at radius 2 is 2.00 bits per heavy atom. The molecule has 1 aromatic rings. The first-order valence-corrected chi connectivity index (χ1v) is 8.98. The van der Waals surface area contributed by atoms with Crippen molar-refractivity contribution in [3.8, 4) is 11.5 Å². The van der Waals surface area contributed by atoms with Gasteiger partial charge in [-0.05, 0) is 48.4 Å². The number of hydrogen-bond acceptors (Lipinski definition) is 7. The summed E-state index contributed by atoms with van der Waals surface area (Å²) < 4.78 is 10.6. The van der Waals surface area contributed by atoms with Gasteiger partial charge in [0.1, 0.15) is 6.61 Å². The van der Waals surface area contributed by atoms with Crippen LogP contribution in [0.2, 0.25) is 0 Å². The number of rotatable bonds is 8. The van der Waals surface area contributed by atoms with E-state index in [4.69, 9.17) is 9.47 Å². The minimum absolute atomic E-state index is 0.188. The Balaban J connectivity index is 2.24.